The molecule has 31 heavy (non-hydrogen) atoms. The molecule has 3 N–H and O–H groups in total. The molecule has 0 bridgehead atoms. The molecule has 1 aromatic heterocycles. The van der Waals surface area contributed by atoms with Crippen molar-refractivity contribution < 1.29 is 9.52 Å². The summed E-state index contributed by atoms with van der Waals surface area (Å²) in [6, 6.07) is 12.4. The van der Waals surface area contributed by atoms with E-state index in [0.717, 1.165) is 57.2 Å². The van der Waals surface area contributed by atoms with E-state index in [0.29, 0.717) is 12.5 Å². The lowest BCUT2D eigenvalue weighted by Gasteiger charge is -2.19. The van der Waals surface area contributed by atoms with Crippen LogP contribution in [0.5, 0.6) is 0 Å². The van der Waals surface area contributed by atoms with Gasteiger partial charge >= 0.3 is 0 Å². The Morgan fingerprint density at radius 2 is 1.84 bits per heavy atom. The molecule has 1 unspecified atom stereocenters. The monoisotopic (exact) mass is 542 g/mol. The zero-order chi connectivity index (χ0) is 21.6. The third kappa shape index (κ3) is 10.5. The molecule has 0 spiro atoms. The molecule has 1 aromatic carbocycles. The molecule has 0 amide bonds. The Kier molecular flexibility index (Phi) is 14.3. The van der Waals surface area contributed by atoms with E-state index in [1.165, 1.54) is 11.1 Å². The Hall–Kier alpha value is -1.58. The number of guanidine groups is 1. The zero-order valence-electron chi connectivity index (χ0n) is 19.1. The highest BCUT2D eigenvalue weighted by atomic mass is 127. The summed E-state index contributed by atoms with van der Waals surface area (Å²) >= 11 is 0. The predicted octanol–water partition coefficient (Wildman–Crippen LogP) is 4.38. The van der Waals surface area contributed by atoms with E-state index in [2.05, 4.69) is 60.7 Å². The highest BCUT2D eigenvalue weighted by Gasteiger charge is 2.10. The third-order valence-corrected chi connectivity index (χ3v) is 5.11. The van der Waals surface area contributed by atoms with E-state index in [9.17, 15) is 5.11 Å². The first kappa shape index (κ1) is 27.5. The van der Waals surface area contributed by atoms with Crippen LogP contribution in [0.2, 0.25) is 0 Å². The lowest BCUT2D eigenvalue weighted by atomic mass is 10.0. The molecule has 1 heterocycles. The third-order valence-electron chi connectivity index (χ3n) is 5.11. The van der Waals surface area contributed by atoms with Crippen molar-refractivity contribution in [2.45, 2.75) is 52.7 Å². The molecule has 0 saturated heterocycles. The Bertz CT molecular complexity index is 731. The van der Waals surface area contributed by atoms with Crippen molar-refractivity contribution in [2.24, 2.45) is 10.9 Å². The van der Waals surface area contributed by atoms with E-state index in [4.69, 9.17) is 9.41 Å². The lowest BCUT2D eigenvalue weighted by Crippen LogP contribution is -2.40. The second-order valence-corrected chi connectivity index (χ2v) is 7.76. The van der Waals surface area contributed by atoms with Crippen LogP contribution in [0.15, 0.2) is 52.1 Å². The largest absolute Gasteiger partial charge is 0.468 e. The molecule has 7 heteroatoms. The number of benzene rings is 1. The van der Waals surface area contributed by atoms with Gasteiger partial charge in [0.05, 0.1) is 19.4 Å². The van der Waals surface area contributed by atoms with Crippen molar-refractivity contribution in [3.63, 3.8) is 0 Å². The van der Waals surface area contributed by atoms with E-state index in [1.807, 2.05) is 12.1 Å². The number of aliphatic imine (C=N–C) groups is 1. The highest BCUT2D eigenvalue weighted by molar-refractivity contribution is 14.0. The molecule has 6 nitrogen and oxygen atoms in total. The first-order valence-corrected chi connectivity index (χ1v) is 11.1. The summed E-state index contributed by atoms with van der Waals surface area (Å²) in [6.45, 7) is 8.38. The lowest BCUT2D eigenvalue weighted by molar-refractivity contribution is 0.251. The Morgan fingerprint density at radius 1 is 1.06 bits per heavy atom. The molecule has 0 aliphatic carbocycles. The summed E-state index contributed by atoms with van der Waals surface area (Å²) in [4.78, 5) is 7.06. The van der Waals surface area contributed by atoms with Gasteiger partial charge in [-0.2, -0.15) is 0 Å². The first-order valence-electron chi connectivity index (χ1n) is 11.1. The number of nitrogens with one attached hydrogen (secondary N) is 2. The quantitative estimate of drug-likeness (QED) is 0.199. The number of aliphatic hydroxyl groups is 1. The highest BCUT2D eigenvalue weighted by Crippen LogP contribution is 2.14. The van der Waals surface area contributed by atoms with Crippen LogP contribution < -0.4 is 10.6 Å². The van der Waals surface area contributed by atoms with E-state index >= 15 is 0 Å². The number of halogens is 1. The number of furan rings is 1. The molecule has 0 aliphatic rings. The van der Waals surface area contributed by atoms with Gasteiger partial charge in [-0.25, -0.2) is 4.99 Å². The molecule has 0 radical (unpaired) electrons. The van der Waals surface area contributed by atoms with Gasteiger partial charge in [-0.3, -0.25) is 4.90 Å². The van der Waals surface area contributed by atoms with Crippen LogP contribution in [0.3, 0.4) is 0 Å². The van der Waals surface area contributed by atoms with Crippen molar-refractivity contribution in [3.8, 4) is 0 Å². The van der Waals surface area contributed by atoms with Gasteiger partial charge in [0, 0.05) is 26.2 Å². The second-order valence-electron chi connectivity index (χ2n) is 7.76. The maximum absolute atomic E-state index is 9.28. The minimum Gasteiger partial charge on any atom is -0.468 e. The van der Waals surface area contributed by atoms with Crippen LogP contribution >= 0.6 is 24.0 Å². The molecule has 1 atom stereocenters. The summed E-state index contributed by atoms with van der Waals surface area (Å²) in [5.41, 5.74) is 2.50. The average molecular weight is 543 g/mol. The average Bonchev–Trinajstić information content (AvgIpc) is 3.24. The van der Waals surface area contributed by atoms with Crippen molar-refractivity contribution >= 4 is 29.9 Å². The van der Waals surface area contributed by atoms with Gasteiger partial charge in [0.2, 0.25) is 0 Å². The second kappa shape index (κ2) is 16.1. The summed E-state index contributed by atoms with van der Waals surface area (Å²) in [5, 5.41) is 16.1. The van der Waals surface area contributed by atoms with E-state index in [1.54, 1.807) is 6.26 Å². The fourth-order valence-electron chi connectivity index (χ4n) is 3.57. The molecule has 2 aromatic rings. The van der Waals surface area contributed by atoms with Crippen LogP contribution in [-0.2, 0) is 19.6 Å². The van der Waals surface area contributed by atoms with Gasteiger partial charge in [-0.1, -0.05) is 37.6 Å². The standard InChI is InChI=1S/C24H38N4O2.HI/c1-4-9-20(13-14-29)16-26-24(25-5-2)27-17-21-10-6-7-11-22(21)18-28(3)19-23-12-8-15-30-23;/h6-8,10-12,15,20,29H,4-5,9,13-14,16-19H2,1-3H3,(H2,25,26,27);1H. The van der Waals surface area contributed by atoms with Crippen molar-refractivity contribution in [1.29, 1.82) is 0 Å². The van der Waals surface area contributed by atoms with Gasteiger partial charge in [-0.05, 0) is 56.0 Å². The summed E-state index contributed by atoms with van der Waals surface area (Å²) in [5.74, 6) is 2.26. The van der Waals surface area contributed by atoms with Crippen LogP contribution in [-0.4, -0.2) is 42.7 Å². The molecule has 0 saturated carbocycles. The molecular formula is C24H39IN4O2. The van der Waals surface area contributed by atoms with Crippen LogP contribution in [0.1, 0.15) is 50.0 Å². The summed E-state index contributed by atoms with van der Waals surface area (Å²) < 4.78 is 5.46. The molecular weight excluding hydrogens is 503 g/mol. The van der Waals surface area contributed by atoms with E-state index in [-0.39, 0.29) is 30.6 Å². The number of hydrogen-bond donors (Lipinski definition) is 3. The minimum absolute atomic E-state index is 0. The van der Waals surface area contributed by atoms with Gasteiger partial charge in [0.25, 0.3) is 0 Å². The number of rotatable bonds is 13. The van der Waals surface area contributed by atoms with Crippen LogP contribution in [0.4, 0.5) is 0 Å². The van der Waals surface area contributed by atoms with Crippen molar-refractivity contribution in [3.05, 3.63) is 59.5 Å². The number of aliphatic hydroxyl groups excluding tert-OH is 1. The molecule has 0 fully saturated rings. The Morgan fingerprint density at radius 3 is 2.48 bits per heavy atom. The maximum atomic E-state index is 9.28. The minimum atomic E-state index is 0. The SMILES string of the molecule is CCCC(CCO)CNC(=NCc1ccccc1CN(C)Cc1ccco1)NCC.I. The maximum Gasteiger partial charge on any atom is 0.191 e. The molecule has 2 rings (SSSR count). The fourth-order valence-corrected chi connectivity index (χ4v) is 3.57. The fraction of sp³-hybridized carbons (Fsp3) is 0.542. The number of hydrogen-bond acceptors (Lipinski definition) is 4. The Labute approximate surface area is 204 Å². The summed E-state index contributed by atoms with van der Waals surface area (Å²) in [6.07, 6.45) is 4.77. The topological polar surface area (TPSA) is 73.0 Å². The van der Waals surface area contributed by atoms with E-state index < -0.39 is 0 Å². The number of nitrogens with zero attached hydrogens (tertiary/aromatic N) is 2. The van der Waals surface area contributed by atoms with Crippen molar-refractivity contribution in [2.75, 3.05) is 26.7 Å². The van der Waals surface area contributed by atoms with Gasteiger partial charge in [0.15, 0.2) is 5.96 Å². The van der Waals surface area contributed by atoms with Gasteiger partial charge in [0.1, 0.15) is 5.76 Å². The normalized spacial score (nSPS) is 12.5. The molecule has 0 aliphatic heterocycles. The van der Waals surface area contributed by atoms with Gasteiger partial charge in [-0.15, -0.1) is 24.0 Å². The zero-order valence-corrected chi connectivity index (χ0v) is 21.5. The van der Waals surface area contributed by atoms with Gasteiger partial charge < -0.3 is 20.2 Å². The predicted molar refractivity (Wildman–Crippen MR) is 139 cm³/mol. The van der Waals surface area contributed by atoms with Crippen molar-refractivity contribution in [1.82, 2.24) is 15.5 Å². The van der Waals surface area contributed by atoms with Crippen LogP contribution in [0, 0.1) is 5.92 Å². The molecule has 174 valence electrons. The Balaban J connectivity index is 0.00000480. The van der Waals surface area contributed by atoms with Crippen LogP contribution in [0.25, 0.3) is 0 Å². The smallest absolute Gasteiger partial charge is 0.191 e. The summed E-state index contributed by atoms with van der Waals surface area (Å²) in [7, 11) is 2.10. The first-order chi connectivity index (χ1) is 14.7.